The van der Waals surface area contributed by atoms with Crippen LogP contribution in [0.1, 0.15) is 104 Å². The van der Waals surface area contributed by atoms with E-state index in [0.717, 1.165) is 12.5 Å². The lowest BCUT2D eigenvalue weighted by Gasteiger charge is -2.16. The highest BCUT2D eigenvalue weighted by Crippen LogP contribution is 2.23. The van der Waals surface area contributed by atoms with Crippen molar-refractivity contribution in [2.75, 3.05) is 6.54 Å². The van der Waals surface area contributed by atoms with Gasteiger partial charge in [0.2, 0.25) is 0 Å². The second-order valence-electron chi connectivity index (χ2n) is 6.20. The highest BCUT2D eigenvalue weighted by Gasteiger charge is 2.08. The van der Waals surface area contributed by atoms with Crippen molar-refractivity contribution < 1.29 is 0 Å². The molecular weight excluding hydrogens is 230 g/mol. The largest absolute Gasteiger partial charge is 0.330 e. The van der Waals surface area contributed by atoms with Gasteiger partial charge in [-0.2, -0.15) is 0 Å². The van der Waals surface area contributed by atoms with Gasteiger partial charge in [-0.25, -0.2) is 0 Å². The van der Waals surface area contributed by atoms with Crippen molar-refractivity contribution in [3.05, 3.63) is 0 Å². The summed E-state index contributed by atoms with van der Waals surface area (Å²) in [7, 11) is 0. The molecule has 0 aliphatic rings. The van der Waals surface area contributed by atoms with Gasteiger partial charge >= 0.3 is 0 Å². The van der Waals surface area contributed by atoms with Gasteiger partial charge in [0.15, 0.2) is 0 Å². The van der Waals surface area contributed by atoms with Crippen molar-refractivity contribution in [3.63, 3.8) is 0 Å². The Balaban J connectivity index is 3.63. The molecule has 19 heavy (non-hydrogen) atoms. The van der Waals surface area contributed by atoms with Crippen LogP contribution in [-0.4, -0.2) is 6.54 Å². The molecule has 0 aromatic rings. The summed E-state index contributed by atoms with van der Waals surface area (Å²) in [6.45, 7) is 5.48. The first-order valence-corrected chi connectivity index (χ1v) is 9.05. The van der Waals surface area contributed by atoms with E-state index in [1.54, 1.807) is 0 Å². The molecule has 0 rings (SSSR count). The van der Waals surface area contributed by atoms with Gasteiger partial charge < -0.3 is 5.73 Å². The predicted molar refractivity (Wildman–Crippen MR) is 88.5 cm³/mol. The highest BCUT2D eigenvalue weighted by atomic mass is 14.5. The maximum atomic E-state index is 5.57. The first-order valence-electron chi connectivity index (χ1n) is 9.05. The Bertz CT molecular complexity index is 156. The molecule has 0 heterocycles. The molecule has 0 saturated heterocycles. The zero-order valence-electron chi connectivity index (χ0n) is 13.8. The number of hydrogen-bond donors (Lipinski definition) is 1. The van der Waals surface area contributed by atoms with Crippen molar-refractivity contribution >= 4 is 0 Å². The van der Waals surface area contributed by atoms with Crippen LogP contribution in [0.2, 0.25) is 0 Å². The molecule has 0 aliphatic carbocycles. The molecule has 0 spiro atoms. The molecule has 0 fully saturated rings. The predicted octanol–water partition coefficient (Wildman–Crippen LogP) is 6.06. The summed E-state index contributed by atoms with van der Waals surface area (Å²) in [5.41, 5.74) is 5.57. The topological polar surface area (TPSA) is 26.0 Å². The summed E-state index contributed by atoms with van der Waals surface area (Å²) >= 11 is 0. The molecule has 0 saturated carbocycles. The van der Waals surface area contributed by atoms with E-state index in [2.05, 4.69) is 13.8 Å². The van der Waals surface area contributed by atoms with Gasteiger partial charge in [-0.15, -0.1) is 0 Å². The van der Waals surface area contributed by atoms with Gasteiger partial charge in [0.05, 0.1) is 0 Å². The second kappa shape index (κ2) is 16.0. The zero-order chi connectivity index (χ0) is 14.2. The summed E-state index contributed by atoms with van der Waals surface area (Å²) in [4.78, 5) is 0. The molecule has 2 N–H and O–H groups in total. The van der Waals surface area contributed by atoms with Crippen LogP contribution in [0.5, 0.6) is 0 Å². The number of rotatable bonds is 15. The maximum absolute atomic E-state index is 5.57. The third kappa shape index (κ3) is 14.2. The molecule has 0 radical (unpaired) electrons. The van der Waals surface area contributed by atoms with Gasteiger partial charge in [-0.05, 0) is 18.9 Å². The fourth-order valence-electron chi connectivity index (χ4n) is 2.91. The minimum Gasteiger partial charge on any atom is -0.330 e. The molecule has 0 amide bonds. The van der Waals surface area contributed by atoms with Crippen molar-refractivity contribution in [1.82, 2.24) is 0 Å². The molecule has 0 bridgehead atoms. The molecule has 1 heteroatoms. The quantitative estimate of drug-likeness (QED) is 0.359. The van der Waals surface area contributed by atoms with Crippen molar-refractivity contribution in [2.45, 2.75) is 104 Å². The van der Waals surface area contributed by atoms with Crippen LogP contribution >= 0.6 is 0 Å². The van der Waals surface area contributed by atoms with E-state index in [4.69, 9.17) is 5.73 Å². The summed E-state index contributed by atoms with van der Waals surface area (Å²) in [5, 5.41) is 0. The SMILES string of the molecule is CCCCCCCC(CCCCC)CCCCCN. The lowest BCUT2D eigenvalue weighted by atomic mass is 9.90. The summed E-state index contributed by atoms with van der Waals surface area (Å²) in [6, 6.07) is 0. The Morgan fingerprint density at radius 1 is 0.579 bits per heavy atom. The van der Waals surface area contributed by atoms with Gasteiger partial charge in [0.25, 0.3) is 0 Å². The average Bonchev–Trinajstić information content (AvgIpc) is 2.42. The molecule has 1 nitrogen and oxygen atoms in total. The number of unbranched alkanes of at least 4 members (excludes halogenated alkanes) is 8. The monoisotopic (exact) mass is 269 g/mol. The lowest BCUT2D eigenvalue weighted by Crippen LogP contribution is -2.03. The third-order valence-corrected chi connectivity index (χ3v) is 4.25. The third-order valence-electron chi connectivity index (χ3n) is 4.25. The maximum Gasteiger partial charge on any atom is -0.00773 e. The van der Waals surface area contributed by atoms with Gasteiger partial charge in [0, 0.05) is 0 Å². The summed E-state index contributed by atoms with van der Waals surface area (Å²) in [6.07, 6.45) is 19.8. The molecule has 1 atom stereocenters. The molecule has 0 aromatic heterocycles. The van der Waals surface area contributed by atoms with Crippen molar-refractivity contribution in [1.29, 1.82) is 0 Å². The zero-order valence-corrected chi connectivity index (χ0v) is 13.8. The normalized spacial score (nSPS) is 12.8. The smallest absolute Gasteiger partial charge is 0.00773 e. The van der Waals surface area contributed by atoms with Crippen LogP contribution in [0.15, 0.2) is 0 Å². The standard InChI is InChI=1S/C18H39N/c1-3-5-7-8-11-15-18(14-10-6-4-2)16-12-9-13-17-19/h18H,3-17,19H2,1-2H3. The van der Waals surface area contributed by atoms with Crippen LogP contribution in [0.3, 0.4) is 0 Å². The van der Waals surface area contributed by atoms with E-state index >= 15 is 0 Å². The van der Waals surface area contributed by atoms with Gasteiger partial charge in [-0.1, -0.05) is 97.3 Å². The molecule has 1 unspecified atom stereocenters. The fraction of sp³-hybridized carbons (Fsp3) is 1.00. The molecule has 116 valence electrons. The highest BCUT2D eigenvalue weighted by molar-refractivity contribution is 4.61. The van der Waals surface area contributed by atoms with E-state index in [1.807, 2.05) is 0 Å². The van der Waals surface area contributed by atoms with Crippen molar-refractivity contribution in [3.8, 4) is 0 Å². The summed E-state index contributed by atoms with van der Waals surface area (Å²) < 4.78 is 0. The Morgan fingerprint density at radius 2 is 1.00 bits per heavy atom. The van der Waals surface area contributed by atoms with Gasteiger partial charge in [-0.3, -0.25) is 0 Å². The van der Waals surface area contributed by atoms with Crippen LogP contribution < -0.4 is 5.73 Å². The first kappa shape index (κ1) is 19.0. The van der Waals surface area contributed by atoms with Gasteiger partial charge in [0.1, 0.15) is 0 Å². The lowest BCUT2D eigenvalue weighted by molar-refractivity contribution is 0.370. The van der Waals surface area contributed by atoms with Crippen LogP contribution in [0.4, 0.5) is 0 Å². The van der Waals surface area contributed by atoms with E-state index in [-0.39, 0.29) is 0 Å². The first-order chi connectivity index (χ1) is 9.35. The van der Waals surface area contributed by atoms with E-state index in [9.17, 15) is 0 Å². The van der Waals surface area contributed by atoms with E-state index in [1.165, 1.54) is 89.9 Å². The van der Waals surface area contributed by atoms with Crippen LogP contribution in [0, 0.1) is 5.92 Å². The number of nitrogens with two attached hydrogens (primary N) is 1. The molecule has 0 aromatic carbocycles. The van der Waals surface area contributed by atoms with Crippen LogP contribution in [0.25, 0.3) is 0 Å². The van der Waals surface area contributed by atoms with Crippen molar-refractivity contribution in [2.24, 2.45) is 11.7 Å². The number of hydrogen-bond acceptors (Lipinski definition) is 1. The Hall–Kier alpha value is -0.0400. The molecule has 0 aliphatic heterocycles. The second-order valence-corrected chi connectivity index (χ2v) is 6.20. The fourth-order valence-corrected chi connectivity index (χ4v) is 2.91. The van der Waals surface area contributed by atoms with Crippen LogP contribution in [-0.2, 0) is 0 Å². The minimum atomic E-state index is 0.873. The Labute approximate surface area is 122 Å². The Morgan fingerprint density at radius 3 is 1.53 bits per heavy atom. The van der Waals surface area contributed by atoms with E-state index < -0.39 is 0 Å². The molecular formula is C18H39N. The van der Waals surface area contributed by atoms with E-state index in [0.29, 0.717) is 0 Å². The average molecular weight is 270 g/mol. The Kier molecular flexibility index (Phi) is 16.0. The summed E-state index contributed by atoms with van der Waals surface area (Å²) in [5.74, 6) is 1.01. The minimum absolute atomic E-state index is 0.873.